The molecule has 1 aromatic carbocycles. The van der Waals surface area contributed by atoms with Gasteiger partial charge in [0.25, 0.3) is 5.88 Å². The highest BCUT2D eigenvalue weighted by Gasteiger charge is 2.42. The number of carboxylic acids is 1. The largest absolute Gasteiger partial charge is 0.491 e. The van der Waals surface area contributed by atoms with Crippen LogP contribution in [-0.2, 0) is 24.2 Å². The third kappa shape index (κ3) is 5.96. The number of benzene rings is 1. The second kappa shape index (κ2) is 9.90. The van der Waals surface area contributed by atoms with E-state index in [1.165, 1.54) is 0 Å². The third-order valence-corrected chi connectivity index (χ3v) is 6.10. The van der Waals surface area contributed by atoms with E-state index >= 15 is 0 Å². The summed E-state index contributed by atoms with van der Waals surface area (Å²) >= 11 is 0. The number of rotatable bonds is 8. The topological polar surface area (TPSA) is 92.5 Å². The number of carbonyl (C=O) groups is 1. The smallest absolute Gasteiger partial charge is 0.416 e. The quantitative estimate of drug-likeness (QED) is 0.330. The van der Waals surface area contributed by atoms with Crippen molar-refractivity contribution in [2.75, 3.05) is 6.61 Å². The summed E-state index contributed by atoms with van der Waals surface area (Å²) in [5.41, 5.74) is -4.86. The minimum absolute atomic E-state index is 0.0689. The summed E-state index contributed by atoms with van der Waals surface area (Å²) in [4.78, 5) is 19.6. The second-order valence-corrected chi connectivity index (χ2v) is 8.61. The molecule has 0 spiro atoms. The molecule has 192 valence electrons. The highest BCUT2D eigenvalue weighted by atomic mass is 19.4. The Morgan fingerprint density at radius 2 is 1.60 bits per heavy atom. The summed E-state index contributed by atoms with van der Waals surface area (Å²) in [5, 5.41) is 19.8. The molecule has 1 heterocycles. The fraction of sp³-hybridized carbons (Fsp3) is 0.522. The van der Waals surface area contributed by atoms with Crippen molar-refractivity contribution < 1.29 is 46.1 Å². The van der Waals surface area contributed by atoms with Crippen LogP contribution in [0, 0.1) is 0 Å². The van der Waals surface area contributed by atoms with Crippen LogP contribution < -0.4 is 4.74 Å². The van der Waals surface area contributed by atoms with Crippen molar-refractivity contribution in [3.8, 4) is 11.6 Å². The van der Waals surface area contributed by atoms with Gasteiger partial charge in [-0.15, -0.1) is 0 Å². The van der Waals surface area contributed by atoms with E-state index in [0.29, 0.717) is 31.4 Å². The molecule has 0 amide bonds. The molecule has 1 aromatic heterocycles. The molecule has 0 saturated heterocycles. The van der Waals surface area contributed by atoms with Crippen LogP contribution >= 0.6 is 0 Å². The number of carboxylic acid groups (broad SMARTS) is 1. The zero-order valence-electron chi connectivity index (χ0n) is 18.8. The molecule has 0 atom stereocenters. The van der Waals surface area contributed by atoms with Crippen molar-refractivity contribution in [1.29, 1.82) is 0 Å². The zero-order chi connectivity index (χ0) is 26.0. The van der Waals surface area contributed by atoms with Gasteiger partial charge >= 0.3 is 18.3 Å². The Morgan fingerprint density at radius 1 is 1.03 bits per heavy atom. The lowest BCUT2D eigenvalue weighted by Gasteiger charge is -2.31. The lowest BCUT2D eigenvalue weighted by molar-refractivity contribution is -0.143. The first kappa shape index (κ1) is 26.6. The van der Waals surface area contributed by atoms with Crippen molar-refractivity contribution in [2.24, 2.45) is 0 Å². The number of aromatic hydroxyl groups is 1. The van der Waals surface area contributed by atoms with Crippen LogP contribution in [0.5, 0.6) is 11.6 Å². The number of alkyl halides is 6. The van der Waals surface area contributed by atoms with E-state index in [1.54, 1.807) is 0 Å². The summed E-state index contributed by atoms with van der Waals surface area (Å²) in [6.07, 6.45) is -7.39. The molecular weight excluding hydrogens is 482 g/mol. The Labute approximate surface area is 197 Å². The standard InChI is InChI=1S/C23H24F6N2O4/c1-2-3-8-35-18-17(20(33)34)30-16(31-19(18)32)12-21(6-4-5-7-21)13-9-14(22(24,25)26)11-15(10-13)23(27,28)29/h9-11H,2-8,12H2,1H3,(H,33,34)(H,30,31,32). The van der Waals surface area contributed by atoms with Gasteiger partial charge in [-0.3, -0.25) is 0 Å². The summed E-state index contributed by atoms with van der Waals surface area (Å²) in [6, 6.07) is 1.46. The van der Waals surface area contributed by atoms with Crippen molar-refractivity contribution >= 4 is 5.97 Å². The summed E-state index contributed by atoms with van der Waals surface area (Å²) in [5.74, 6) is -2.92. The van der Waals surface area contributed by atoms with Gasteiger partial charge < -0.3 is 14.9 Å². The number of aromatic nitrogens is 2. The van der Waals surface area contributed by atoms with Gasteiger partial charge in [0, 0.05) is 11.8 Å². The minimum atomic E-state index is -5.00. The summed E-state index contributed by atoms with van der Waals surface area (Å²) < 4.78 is 85.9. The van der Waals surface area contributed by atoms with Crippen molar-refractivity contribution in [2.45, 2.75) is 69.6 Å². The van der Waals surface area contributed by atoms with Crippen molar-refractivity contribution in [1.82, 2.24) is 9.97 Å². The molecule has 0 aliphatic heterocycles. The zero-order valence-corrected chi connectivity index (χ0v) is 18.8. The number of halogens is 6. The summed E-state index contributed by atoms with van der Waals surface area (Å²) in [7, 11) is 0. The number of unbranched alkanes of at least 4 members (excludes halogenated alkanes) is 1. The minimum Gasteiger partial charge on any atom is -0.491 e. The Balaban J connectivity index is 2.09. The first-order chi connectivity index (χ1) is 16.3. The number of nitrogens with zero attached hydrogens (tertiary/aromatic N) is 2. The van der Waals surface area contributed by atoms with E-state index < -0.39 is 52.2 Å². The van der Waals surface area contributed by atoms with Gasteiger partial charge in [0.1, 0.15) is 5.82 Å². The van der Waals surface area contributed by atoms with E-state index in [2.05, 4.69) is 9.97 Å². The van der Waals surface area contributed by atoms with Gasteiger partial charge in [-0.2, -0.15) is 31.3 Å². The van der Waals surface area contributed by atoms with E-state index in [1.807, 2.05) is 6.92 Å². The molecule has 0 unspecified atom stereocenters. The third-order valence-electron chi connectivity index (χ3n) is 6.10. The van der Waals surface area contributed by atoms with Gasteiger partial charge in [-0.1, -0.05) is 26.2 Å². The average Bonchev–Trinajstić information content (AvgIpc) is 3.23. The molecular formula is C23H24F6N2O4. The Morgan fingerprint density at radius 3 is 2.09 bits per heavy atom. The van der Waals surface area contributed by atoms with Crippen LogP contribution in [0.25, 0.3) is 0 Å². The van der Waals surface area contributed by atoms with Gasteiger partial charge in [0.15, 0.2) is 5.69 Å². The molecule has 2 N–H and O–H groups in total. The maximum absolute atomic E-state index is 13.4. The molecule has 6 nitrogen and oxygen atoms in total. The van der Waals surface area contributed by atoms with Crippen LogP contribution in [0.15, 0.2) is 18.2 Å². The van der Waals surface area contributed by atoms with Crippen LogP contribution in [-0.4, -0.2) is 32.8 Å². The normalized spacial score (nSPS) is 15.9. The predicted molar refractivity (Wildman–Crippen MR) is 111 cm³/mol. The Bertz CT molecular complexity index is 1050. The monoisotopic (exact) mass is 506 g/mol. The molecule has 2 aromatic rings. The highest BCUT2D eigenvalue weighted by molar-refractivity contribution is 5.89. The van der Waals surface area contributed by atoms with Crippen molar-refractivity contribution in [3.05, 3.63) is 46.4 Å². The second-order valence-electron chi connectivity index (χ2n) is 8.61. The van der Waals surface area contributed by atoms with E-state index in [4.69, 9.17) is 4.74 Å². The SMILES string of the molecule is CCCCOc1c(O)nc(CC2(c3cc(C(F)(F)F)cc(C(F)(F)F)c3)CCCC2)nc1C(=O)O. The molecule has 1 fully saturated rings. The average molecular weight is 506 g/mol. The molecule has 1 aliphatic carbocycles. The van der Waals surface area contributed by atoms with E-state index in [0.717, 1.165) is 6.42 Å². The Kier molecular flexibility index (Phi) is 7.51. The van der Waals surface area contributed by atoms with Gasteiger partial charge in [-0.05, 0) is 43.0 Å². The van der Waals surface area contributed by atoms with E-state index in [-0.39, 0.29) is 43.3 Å². The Hall–Kier alpha value is -3.05. The molecule has 12 heteroatoms. The number of ether oxygens (including phenoxy) is 1. The van der Waals surface area contributed by atoms with Gasteiger partial charge in [0.05, 0.1) is 17.7 Å². The van der Waals surface area contributed by atoms with Crippen LogP contribution in [0.1, 0.15) is 78.5 Å². The van der Waals surface area contributed by atoms with Crippen molar-refractivity contribution in [3.63, 3.8) is 0 Å². The maximum atomic E-state index is 13.4. The molecule has 1 saturated carbocycles. The molecule has 0 bridgehead atoms. The predicted octanol–water partition coefficient (Wildman–Crippen LogP) is 6.15. The summed E-state index contributed by atoms with van der Waals surface area (Å²) in [6.45, 7) is 1.97. The fourth-order valence-electron chi connectivity index (χ4n) is 4.34. The molecule has 1 aliphatic rings. The first-order valence-electron chi connectivity index (χ1n) is 11.0. The van der Waals surface area contributed by atoms with Crippen LogP contribution in [0.3, 0.4) is 0 Å². The van der Waals surface area contributed by atoms with Gasteiger partial charge in [0.2, 0.25) is 5.75 Å². The fourth-order valence-corrected chi connectivity index (χ4v) is 4.34. The first-order valence-corrected chi connectivity index (χ1v) is 11.0. The number of hydrogen-bond donors (Lipinski definition) is 2. The molecule has 0 radical (unpaired) electrons. The maximum Gasteiger partial charge on any atom is 0.416 e. The van der Waals surface area contributed by atoms with Crippen LogP contribution in [0.2, 0.25) is 0 Å². The highest BCUT2D eigenvalue weighted by Crippen LogP contribution is 2.47. The molecule has 35 heavy (non-hydrogen) atoms. The van der Waals surface area contributed by atoms with Gasteiger partial charge in [-0.25, -0.2) is 9.78 Å². The molecule has 3 rings (SSSR count). The van der Waals surface area contributed by atoms with Crippen LogP contribution in [0.4, 0.5) is 26.3 Å². The lowest BCUT2D eigenvalue weighted by atomic mass is 9.74. The van der Waals surface area contributed by atoms with E-state index in [9.17, 15) is 41.4 Å². The lowest BCUT2D eigenvalue weighted by Crippen LogP contribution is -2.28. The number of aromatic carboxylic acids is 1. The number of hydrogen-bond acceptors (Lipinski definition) is 5.